The maximum atomic E-state index is 12.7. The normalized spacial score (nSPS) is 15.8. The van der Waals surface area contributed by atoms with Gasteiger partial charge in [0.2, 0.25) is 5.91 Å². The molecule has 0 aliphatic carbocycles. The fourth-order valence-electron chi connectivity index (χ4n) is 3.49. The first-order valence-corrected chi connectivity index (χ1v) is 9.17. The van der Waals surface area contributed by atoms with Crippen molar-refractivity contribution in [1.82, 2.24) is 4.57 Å². The number of ether oxygens (including phenoxy) is 1. The molecule has 0 saturated carbocycles. The number of Topliss-reactive ketones (excluding diaryl/α,β-unsaturated/α-hetero) is 1. The Morgan fingerprint density at radius 2 is 1.69 bits per heavy atom. The van der Waals surface area contributed by atoms with Crippen molar-refractivity contribution in [1.29, 1.82) is 0 Å². The fourth-order valence-corrected chi connectivity index (χ4v) is 3.49. The molecule has 1 unspecified atom stereocenters. The van der Waals surface area contributed by atoms with Crippen LogP contribution >= 0.6 is 0 Å². The molecule has 3 aromatic rings. The minimum atomic E-state index is -2.85. The van der Waals surface area contributed by atoms with Crippen LogP contribution in [0.2, 0.25) is 0 Å². The highest BCUT2D eigenvalue weighted by atomic mass is 19.3. The third-order valence-electron chi connectivity index (χ3n) is 4.91. The molecule has 1 N–H and O–H groups in total. The number of fused-ring (bicyclic) bond motifs is 1. The van der Waals surface area contributed by atoms with Crippen molar-refractivity contribution in [3.05, 3.63) is 72.6 Å². The molecule has 5 nitrogen and oxygen atoms in total. The molecule has 2 heterocycles. The highest BCUT2D eigenvalue weighted by molar-refractivity contribution is 6.00. The number of alkyl halides is 2. The molecule has 0 bridgehead atoms. The van der Waals surface area contributed by atoms with Gasteiger partial charge in [0.25, 0.3) is 0 Å². The number of halogens is 2. The molecular formula is C22H18F2N2O3. The van der Waals surface area contributed by atoms with Crippen LogP contribution in [0.5, 0.6) is 5.75 Å². The Labute approximate surface area is 165 Å². The summed E-state index contributed by atoms with van der Waals surface area (Å²) >= 11 is 0. The third kappa shape index (κ3) is 4.03. The molecule has 1 aromatic heterocycles. The molecule has 1 atom stereocenters. The van der Waals surface area contributed by atoms with Crippen LogP contribution in [0, 0.1) is 0 Å². The van der Waals surface area contributed by atoms with Crippen molar-refractivity contribution in [3.8, 4) is 16.9 Å². The Bertz CT molecular complexity index is 1030. The van der Waals surface area contributed by atoms with E-state index in [1.165, 1.54) is 12.1 Å². The van der Waals surface area contributed by atoms with Gasteiger partial charge in [0.1, 0.15) is 11.8 Å². The molecular weight excluding hydrogens is 378 g/mol. The molecule has 4 rings (SSSR count). The van der Waals surface area contributed by atoms with E-state index in [2.05, 4.69) is 10.1 Å². The lowest BCUT2D eigenvalue weighted by molar-refractivity contribution is -0.119. The second-order valence-electron chi connectivity index (χ2n) is 6.75. The van der Waals surface area contributed by atoms with Gasteiger partial charge in [0.15, 0.2) is 5.78 Å². The topological polar surface area (TPSA) is 60.3 Å². The summed E-state index contributed by atoms with van der Waals surface area (Å²) in [6.45, 7) is -2.85. The zero-order valence-electron chi connectivity index (χ0n) is 15.3. The van der Waals surface area contributed by atoms with Gasteiger partial charge in [-0.3, -0.25) is 9.59 Å². The molecule has 0 fully saturated rings. The summed E-state index contributed by atoms with van der Waals surface area (Å²) in [7, 11) is 0. The first-order chi connectivity index (χ1) is 14.0. The monoisotopic (exact) mass is 396 g/mol. The van der Waals surface area contributed by atoms with Gasteiger partial charge >= 0.3 is 6.61 Å². The summed E-state index contributed by atoms with van der Waals surface area (Å²) in [6.07, 6.45) is 2.57. The average Bonchev–Trinajstić information content (AvgIpc) is 3.20. The van der Waals surface area contributed by atoms with Crippen LogP contribution in [-0.2, 0) is 4.79 Å². The molecule has 148 valence electrons. The summed E-state index contributed by atoms with van der Waals surface area (Å²) < 4.78 is 30.5. The number of carbonyl (C=O) groups is 2. The number of nitrogens with zero attached hydrogens (tertiary/aromatic N) is 1. The van der Waals surface area contributed by atoms with Crippen molar-refractivity contribution >= 4 is 17.4 Å². The van der Waals surface area contributed by atoms with E-state index < -0.39 is 12.7 Å². The molecule has 0 saturated heterocycles. The lowest BCUT2D eigenvalue weighted by Crippen LogP contribution is -2.31. The Morgan fingerprint density at radius 1 is 1.03 bits per heavy atom. The zero-order chi connectivity index (χ0) is 20.4. The summed E-state index contributed by atoms with van der Waals surface area (Å²) in [5.41, 5.74) is 2.92. The quantitative estimate of drug-likeness (QED) is 0.666. The van der Waals surface area contributed by atoms with Crippen molar-refractivity contribution in [3.63, 3.8) is 0 Å². The van der Waals surface area contributed by atoms with E-state index >= 15 is 0 Å². The minimum Gasteiger partial charge on any atom is -0.435 e. The van der Waals surface area contributed by atoms with Gasteiger partial charge in [0, 0.05) is 18.3 Å². The maximum absolute atomic E-state index is 12.7. The van der Waals surface area contributed by atoms with E-state index in [0.29, 0.717) is 24.2 Å². The summed E-state index contributed by atoms with van der Waals surface area (Å²) in [5.74, 6) is -0.0208. The lowest BCUT2D eigenvalue weighted by Gasteiger charge is -2.24. The van der Waals surface area contributed by atoms with Crippen LogP contribution in [0.4, 0.5) is 14.5 Å². The molecule has 2 aromatic carbocycles. The van der Waals surface area contributed by atoms with Crippen LogP contribution in [0.25, 0.3) is 11.1 Å². The number of amides is 1. The predicted octanol–water partition coefficient (Wildman–Crippen LogP) is 4.91. The van der Waals surface area contributed by atoms with Gasteiger partial charge in [-0.1, -0.05) is 24.3 Å². The first kappa shape index (κ1) is 18.9. The van der Waals surface area contributed by atoms with Gasteiger partial charge in [0.05, 0.1) is 5.69 Å². The number of nitrogens with one attached hydrogen (secondary N) is 1. The molecule has 0 spiro atoms. The van der Waals surface area contributed by atoms with Gasteiger partial charge < -0.3 is 14.6 Å². The number of ketones is 1. The van der Waals surface area contributed by atoms with Crippen molar-refractivity contribution < 1.29 is 23.1 Å². The molecule has 7 heteroatoms. The molecule has 0 radical (unpaired) electrons. The highest BCUT2D eigenvalue weighted by Crippen LogP contribution is 2.28. The summed E-state index contributed by atoms with van der Waals surface area (Å²) in [4.78, 5) is 24.6. The third-order valence-corrected chi connectivity index (χ3v) is 4.91. The number of aromatic nitrogens is 1. The van der Waals surface area contributed by atoms with Crippen LogP contribution in [0.15, 0.2) is 66.9 Å². The number of rotatable bonds is 5. The number of anilines is 1. The smallest absolute Gasteiger partial charge is 0.387 e. The van der Waals surface area contributed by atoms with Crippen molar-refractivity contribution in [2.24, 2.45) is 0 Å². The van der Waals surface area contributed by atoms with E-state index in [1.807, 2.05) is 12.1 Å². The SMILES string of the molecule is O=C1CCC(C(=O)Nc2ccc(-c3ccc(OC(F)F)cc3)cc2)n2cccc21. The van der Waals surface area contributed by atoms with Crippen LogP contribution < -0.4 is 10.1 Å². The summed E-state index contributed by atoms with van der Waals surface area (Å²) in [5, 5.41) is 2.89. The van der Waals surface area contributed by atoms with Crippen molar-refractivity contribution in [2.45, 2.75) is 25.5 Å². The van der Waals surface area contributed by atoms with Crippen LogP contribution in [0.1, 0.15) is 29.4 Å². The largest absolute Gasteiger partial charge is 0.435 e. The Kier molecular flexibility index (Phi) is 5.12. The lowest BCUT2D eigenvalue weighted by atomic mass is 10.0. The standard InChI is InChI=1S/C22H18F2N2O3/c23-22(24)29-17-9-5-15(6-10-17)14-3-7-16(8-4-14)25-21(28)19-11-12-20(27)18-2-1-13-26(18)19/h1-10,13,19,22H,11-12H2,(H,25,28). The molecule has 1 amide bonds. The Morgan fingerprint density at radius 3 is 2.34 bits per heavy atom. The predicted molar refractivity (Wildman–Crippen MR) is 104 cm³/mol. The second kappa shape index (κ2) is 7.87. The average molecular weight is 396 g/mol. The van der Waals surface area contributed by atoms with Gasteiger partial charge in [-0.05, 0) is 53.9 Å². The maximum Gasteiger partial charge on any atom is 0.387 e. The summed E-state index contributed by atoms with van der Waals surface area (Å²) in [6, 6.07) is 16.7. The Balaban J connectivity index is 1.44. The van der Waals surface area contributed by atoms with Gasteiger partial charge in [-0.15, -0.1) is 0 Å². The fraction of sp³-hybridized carbons (Fsp3) is 0.182. The van der Waals surface area contributed by atoms with Crippen LogP contribution in [0.3, 0.4) is 0 Å². The van der Waals surface area contributed by atoms with E-state index in [4.69, 9.17) is 0 Å². The number of carbonyl (C=O) groups excluding carboxylic acids is 2. The molecule has 1 aliphatic rings. The first-order valence-electron chi connectivity index (χ1n) is 9.17. The number of hydrogen-bond acceptors (Lipinski definition) is 3. The number of hydrogen-bond donors (Lipinski definition) is 1. The zero-order valence-corrected chi connectivity index (χ0v) is 15.3. The van der Waals surface area contributed by atoms with Gasteiger partial charge in [-0.25, -0.2) is 0 Å². The van der Waals surface area contributed by atoms with Crippen LogP contribution in [-0.4, -0.2) is 22.9 Å². The highest BCUT2D eigenvalue weighted by Gasteiger charge is 2.29. The van der Waals surface area contributed by atoms with E-state index in [1.54, 1.807) is 47.2 Å². The number of benzene rings is 2. The van der Waals surface area contributed by atoms with E-state index in [-0.39, 0.29) is 17.4 Å². The van der Waals surface area contributed by atoms with E-state index in [0.717, 1.165) is 11.1 Å². The second-order valence-corrected chi connectivity index (χ2v) is 6.75. The molecule has 1 aliphatic heterocycles. The Hall–Kier alpha value is -3.48. The minimum absolute atomic E-state index is 0.0494. The van der Waals surface area contributed by atoms with Gasteiger partial charge in [-0.2, -0.15) is 8.78 Å². The molecule has 29 heavy (non-hydrogen) atoms. The van der Waals surface area contributed by atoms with E-state index in [9.17, 15) is 18.4 Å². The van der Waals surface area contributed by atoms with Crippen molar-refractivity contribution in [2.75, 3.05) is 5.32 Å².